The van der Waals surface area contributed by atoms with E-state index in [9.17, 15) is 4.79 Å². The van der Waals surface area contributed by atoms with E-state index in [1.54, 1.807) is 16.6 Å². The van der Waals surface area contributed by atoms with Crippen LogP contribution in [0.2, 0.25) is 5.15 Å². The predicted octanol–water partition coefficient (Wildman–Crippen LogP) is 4.58. The van der Waals surface area contributed by atoms with Gasteiger partial charge in [-0.15, -0.1) is 0 Å². The summed E-state index contributed by atoms with van der Waals surface area (Å²) in [7, 11) is 1.79. The standard InChI is InChI=1S/C22H28ClN5O/c1-14(2)12-27-21(23)20(16(4)24-27)22(29)26(6)13-19-15(3)25-28(17(19)5)18-10-8-7-9-11-18/h7-11,14H,12-13H2,1-6H3. The van der Waals surface area contributed by atoms with Crippen molar-refractivity contribution in [3.05, 3.63) is 63.7 Å². The van der Waals surface area contributed by atoms with Crippen LogP contribution < -0.4 is 0 Å². The molecule has 0 fully saturated rings. The van der Waals surface area contributed by atoms with E-state index >= 15 is 0 Å². The summed E-state index contributed by atoms with van der Waals surface area (Å²) in [4.78, 5) is 14.8. The second kappa shape index (κ2) is 8.41. The maximum Gasteiger partial charge on any atom is 0.258 e. The van der Waals surface area contributed by atoms with Crippen molar-refractivity contribution >= 4 is 17.5 Å². The van der Waals surface area contributed by atoms with Crippen molar-refractivity contribution in [1.29, 1.82) is 0 Å². The summed E-state index contributed by atoms with van der Waals surface area (Å²) in [6.07, 6.45) is 0. The highest BCUT2D eigenvalue weighted by molar-refractivity contribution is 6.33. The van der Waals surface area contributed by atoms with Gasteiger partial charge in [0.05, 0.1) is 22.6 Å². The molecule has 0 aliphatic heterocycles. The normalized spacial score (nSPS) is 11.3. The molecule has 2 aromatic heterocycles. The molecule has 1 aromatic carbocycles. The van der Waals surface area contributed by atoms with Crippen LogP contribution in [0.15, 0.2) is 30.3 Å². The SMILES string of the molecule is Cc1nn(-c2ccccc2)c(C)c1CN(C)C(=O)c1c(C)nn(CC(C)C)c1Cl. The first-order chi connectivity index (χ1) is 13.7. The summed E-state index contributed by atoms with van der Waals surface area (Å²) in [6, 6.07) is 9.99. The lowest BCUT2D eigenvalue weighted by atomic mass is 10.1. The fraction of sp³-hybridized carbons (Fsp3) is 0.409. The number of amides is 1. The molecule has 0 N–H and O–H groups in total. The molecule has 6 nitrogen and oxygen atoms in total. The molecule has 0 spiro atoms. The number of carbonyl (C=O) groups is 1. The average molecular weight is 414 g/mol. The van der Waals surface area contributed by atoms with Gasteiger partial charge in [-0.2, -0.15) is 10.2 Å². The van der Waals surface area contributed by atoms with Crippen LogP contribution in [0.5, 0.6) is 0 Å². The van der Waals surface area contributed by atoms with Crippen molar-refractivity contribution in [3.63, 3.8) is 0 Å². The molecule has 29 heavy (non-hydrogen) atoms. The number of aryl methyl sites for hydroxylation is 2. The molecule has 3 rings (SSSR count). The Morgan fingerprint density at radius 3 is 2.38 bits per heavy atom. The van der Waals surface area contributed by atoms with Crippen LogP contribution in [0.3, 0.4) is 0 Å². The van der Waals surface area contributed by atoms with Gasteiger partial charge >= 0.3 is 0 Å². The van der Waals surface area contributed by atoms with Crippen LogP contribution in [-0.4, -0.2) is 37.4 Å². The molecular formula is C22H28ClN5O. The molecule has 3 aromatic rings. The van der Waals surface area contributed by atoms with Gasteiger partial charge in [0.1, 0.15) is 5.15 Å². The number of halogens is 1. The molecule has 0 aliphatic rings. The van der Waals surface area contributed by atoms with Crippen LogP contribution in [0.4, 0.5) is 0 Å². The molecule has 0 radical (unpaired) electrons. The number of aromatic nitrogens is 4. The zero-order valence-electron chi connectivity index (χ0n) is 17.9. The van der Waals surface area contributed by atoms with Gasteiger partial charge in [0, 0.05) is 31.4 Å². The maximum absolute atomic E-state index is 13.2. The number of hydrogen-bond donors (Lipinski definition) is 0. The summed E-state index contributed by atoms with van der Waals surface area (Å²) in [5.41, 5.74) is 5.09. The van der Waals surface area contributed by atoms with Crippen molar-refractivity contribution < 1.29 is 4.79 Å². The molecule has 2 heterocycles. The van der Waals surface area contributed by atoms with E-state index in [4.69, 9.17) is 11.6 Å². The van der Waals surface area contributed by atoms with Crippen LogP contribution in [0.25, 0.3) is 5.69 Å². The summed E-state index contributed by atoms with van der Waals surface area (Å²) in [5, 5.41) is 9.54. The van der Waals surface area contributed by atoms with E-state index in [2.05, 4.69) is 24.0 Å². The second-order valence-electron chi connectivity index (χ2n) is 7.89. The van der Waals surface area contributed by atoms with Crippen molar-refractivity contribution in [1.82, 2.24) is 24.5 Å². The third-order valence-corrected chi connectivity index (χ3v) is 5.39. The Balaban J connectivity index is 1.86. The van der Waals surface area contributed by atoms with Gasteiger partial charge in [0.2, 0.25) is 0 Å². The monoisotopic (exact) mass is 413 g/mol. The van der Waals surface area contributed by atoms with Crippen molar-refractivity contribution in [2.75, 3.05) is 7.05 Å². The number of hydrogen-bond acceptors (Lipinski definition) is 3. The highest BCUT2D eigenvalue weighted by atomic mass is 35.5. The highest BCUT2D eigenvalue weighted by Gasteiger charge is 2.25. The van der Waals surface area contributed by atoms with E-state index in [1.807, 2.05) is 55.8 Å². The fourth-order valence-electron chi connectivity index (χ4n) is 3.49. The minimum absolute atomic E-state index is 0.131. The van der Waals surface area contributed by atoms with E-state index < -0.39 is 0 Å². The van der Waals surface area contributed by atoms with E-state index in [0.29, 0.717) is 35.4 Å². The van der Waals surface area contributed by atoms with Gasteiger partial charge in [-0.05, 0) is 38.8 Å². The van der Waals surface area contributed by atoms with Gasteiger partial charge in [-0.3, -0.25) is 9.48 Å². The molecule has 7 heteroatoms. The van der Waals surface area contributed by atoms with Crippen molar-refractivity contribution in [3.8, 4) is 5.69 Å². The summed E-state index contributed by atoms with van der Waals surface area (Å²) < 4.78 is 3.63. The first-order valence-electron chi connectivity index (χ1n) is 9.79. The summed E-state index contributed by atoms with van der Waals surface area (Å²) in [5.74, 6) is 0.260. The Morgan fingerprint density at radius 1 is 1.10 bits per heavy atom. The number of carbonyl (C=O) groups excluding carboxylic acids is 1. The lowest BCUT2D eigenvalue weighted by Gasteiger charge is -2.18. The van der Waals surface area contributed by atoms with E-state index in [1.165, 1.54) is 0 Å². The summed E-state index contributed by atoms with van der Waals surface area (Å²) >= 11 is 6.50. The lowest BCUT2D eigenvalue weighted by molar-refractivity contribution is 0.0784. The summed E-state index contributed by atoms with van der Waals surface area (Å²) in [6.45, 7) is 11.1. The zero-order chi connectivity index (χ0) is 21.3. The molecule has 0 aliphatic carbocycles. The van der Waals surface area contributed by atoms with Crippen LogP contribution in [0.1, 0.15) is 46.9 Å². The molecular weight excluding hydrogens is 386 g/mol. The number of nitrogens with zero attached hydrogens (tertiary/aromatic N) is 5. The Kier molecular flexibility index (Phi) is 6.13. The van der Waals surface area contributed by atoms with E-state index in [-0.39, 0.29) is 5.91 Å². The first kappa shape index (κ1) is 21.1. The van der Waals surface area contributed by atoms with Gasteiger partial charge in [0.25, 0.3) is 5.91 Å². The molecule has 0 saturated carbocycles. The van der Waals surface area contributed by atoms with Crippen molar-refractivity contribution in [2.45, 2.75) is 47.7 Å². The predicted molar refractivity (Wildman–Crippen MR) is 116 cm³/mol. The van der Waals surface area contributed by atoms with Crippen LogP contribution >= 0.6 is 11.6 Å². The number of rotatable bonds is 6. The van der Waals surface area contributed by atoms with E-state index in [0.717, 1.165) is 22.6 Å². The second-order valence-corrected chi connectivity index (χ2v) is 8.24. The Labute approximate surface area is 177 Å². The third kappa shape index (κ3) is 4.22. The highest BCUT2D eigenvalue weighted by Crippen LogP contribution is 2.24. The minimum Gasteiger partial charge on any atom is -0.337 e. The molecule has 0 saturated heterocycles. The largest absolute Gasteiger partial charge is 0.337 e. The minimum atomic E-state index is -0.131. The smallest absolute Gasteiger partial charge is 0.258 e. The lowest BCUT2D eigenvalue weighted by Crippen LogP contribution is -2.27. The first-order valence-corrected chi connectivity index (χ1v) is 10.2. The molecule has 0 unspecified atom stereocenters. The van der Waals surface area contributed by atoms with Gasteiger partial charge in [-0.1, -0.05) is 43.6 Å². The Morgan fingerprint density at radius 2 is 1.76 bits per heavy atom. The molecule has 0 bridgehead atoms. The number of para-hydroxylation sites is 1. The topological polar surface area (TPSA) is 56.0 Å². The van der Waals surface area contributed by atoms with Crippen LogP contribution in [0, 0.1) is 26.7 Å². The zero-order valence-corrected chi connectivity index (χ0v) is 18.7. The Hall–Kier alpha value is -2.60. The fourth-order valence-corrected chi connectivity index (χ4v) is 3.81. The molecule has 1 amide bonds. The quantitative estimate of drug-likeness (QED) is 0.594. The van der Waals surface area contributed by atoms with Gasteiger partial charge in [-0.25, -0.2) is 4.68 Å². The van der Waals surface area contributed by atoms with Gasteiger partial charge in [0.15, 0.2) is 0 Å². The molecule has 0 atom stereocenters. The van der Waals surface area contributed by atoms with Gasteiger partial charge < -0.3 is 4.90 Å². The Bertz CT molecular complexity index is 1020. The molecule has 154 valence electrons. The van der Waals surface area contributed by atoms with Crippen molar-refractivity contribution in [2.24, 2.45) is 5.92 Å². The average Bonchev–Trinajstić information content (AvgIpc) is 3.11. The number of benzene rings is 1. The van der Waals surface area contributed by atoms with Crippen LogP contribution in [-0.2, 0) is 13.1 Å². The maximum atomic E-state index is 13.2. The third-order valence-electron chi connectivity index (χ3n) is 5.00.